The molecule has 1 fully saturated rings. The molecule has 0 saturated carbocycles. The van der Waals surface area contributed by atoms with E-state index in [0.29, 0.717) is 29.6 Å². The minimum atomic E-state index is -1.02. The van der Waals surface area contributed by atoms with Crippen molar-refractivity contribution in [3.8, 4) is 17.2 Å². The van der Waals surface area contributed by atoms with Gasteiger partial charge >= 0.3 is 5.97 Å². The van der Waals surface area contributed by atoms with E-state index in [1.165, 1.54) is 0 Å². The molecule has 2 aromatic carbocycles. The van der Waals surface area contributed by atoms with Crippen LogP contribution in [0, 0.1) is 5.92 Å². The van der Waals surface area contributed by atoms with Crippen molar-refractivity contribution >= 4 is 23.3 Å². The van der Waals surface area contributed by atoms with Gasteiger partial charge < -0.3 is 29.2 Å². The third-order valence-corrected chi connectivity index (χ3v) is 6.55. The van der Waals surface area contributed by atoms with Gasteiger partial charge in [0.05, 0.1) is 20.3 Å². The van der Waals surface area contributed by atoms with E-state index in [2.05, 4.69) is 11.9 Å². The topological polar surface area (TPSA) is 69.3 Å². The summed E-state index contributed by atoms with van der Waals surface area (Å²) in [5.41, 5.74) is 0.913. The summed E-state index contributed by atoms with van der Waals surface area (Å²) in [6, 6.07) is 13.2. The van der Waals surface area contributed by atoms with Crippen LogP contribution in [0.3, 0.4) is 0 Å². The standard InChI is InChI=1S/C25H28N2O5S/c1-5-14-31-23(28)21-22-17-8-6-7-9-18(17)32-25(21,2)27(24(33)26-22)13-12-16-10-11-19(29-3)20(15-16)30-4/h5-11,15,21-22H,1,12-14H2,2-4H3,(H,26,33). The van der Waals surface area contributed by atoms with Crippen molar-refractivity contribution in [1.29, 1.82) is 0 Å². The van der Waals surface area contributed by atoms with Crippen molar-refractivity contribution in [2.75, 3.05) is 27.4 Å². The highest BCUT2D eigenvalue weighted by atomic mass is 32.1. The van der Waals surface area contributed by atoms with Crippen LogP contribution in [-0.4, -0.2) is 49.1 Å². The Balaban J connectivity index is 1.65. The minimum Gasteiger partial charge on any atom is -0.493 e. The van der Waals surface area contributed by atoms with Gasteiger partial charge in [-0.15, -0.1) is 0 Å². The second-order valence-electron chi connectivity index (χ2n) is 8.11. The molecular weight excluding hydrogens is 440 g/mol. The Labute approximate surface area is 199 Å². The van der Waals surface area contributed by atoms with Gasteiger partial charge in [-0.3, -0.25) is 4.79 Å². The van der Waals surface area contributed by atoms with E-state index >= 15 is 0 Å². The van der Waals surface area contributed by atoms with Crippen LogP contribution >= 0.6 is 12.2 Å². The molecule has 0 spiro atoms. The maximum absolute atomic E-state index is 13.2. The number of benzene rings is 2. The molecule has 0 aromatic heterocycles. The van der Waals surface area contributed by atoms with Crippen LogP contribution in [0.4, 0.5) is 0 Å². The molecule has 2 bridgehead atoms. The molecule has 2 aliphatic rings. The van der Waals surface area contributed by atoms with Crippen LogP contribution in [-0.2, 0) is 16.0 Å². The van der Waals surface area contributed by atoms with E-state index in [0.717, 1.165) is 16.9 Å². The zero-order valence-electron chi connectivity index (χ0n) is 19.0. The Morgan fingerprint density at radius 1 is 1.24 bits per heavy atom. The van der Waals surface area contributed by atoms with Gasteiger partial charge in [0.2, 0.25) is 0 Å². The van der Waals surface area contributed by atoms with Gasteiger partial charge in [-0.2, -0.15) is 0 Å². The summed E-state index contributed by atoms with van der Waals surface area (Å²) in [6.07, 6.45) is 2.21. The highest BCUT2D eigenvalue weighted by Gasteiger charge is 2.59. The predicted molar refractivity (Wildman–Crippen MR) is 129 cm³/mol. The first-order valence-electron chi connectivity index (χ1n) is 10.8. The summed E-state index contributed by atoms with van der Waals surface area (Å²) in [4.78, 5) is 15.1. The smallest absolute Gasteiger partial charge is 0.317 e. The molecule has 1 saturated heterocycles. The van der Waals surface area contributed by atoms with E-state index in [-0.39, 0.29) is 18.6 Å². The van der Waals surface area contributed by atoms with Crippen LogP contribution in [0.15, 0.2) is 55.1 Å². The molecule has 2 heterocycles. The van der Waals surface area contributed by atoms with Crippen LogP contribution in [0.25, 0.3) is 0 Å². The quantitative estimate of drug-likeness (QED) is 0.358. The van der Waals surface area contributed by atoms with Crippen molar-refractivity contribution in [2.45, 2.75) is 25.1 Å². The summed E-state index contributed by atoms with van der Waals surface area (Å²) in [7, 11) is 3.22. The monoisotopic (exact) mass is 468 g/mol. The maximum atomic E-state index is 13.2. The minimum absolute atomic E-state index is 0.135. The fourth-order valence-corrected chi connectivity index (χ4v) is 4.99. The SMILES string of the molecule is C=CCOC(=O)C1C2NC(=S)N(CCc3ccc(OC)c(OC)c3)C1(C)Oc1ccccc12. The zero-order chi connectivity index (χ0) is 23.6. The van der Waals surface area contributed by atoms with Gasteiger partial charge in [0.15, 0.2) is 22.3 Å². The van der Waals surface area contributed by atoms with E-state index in [4.69, 9.17) is 31.2 Å². The Hall–Kier alpha value is -3.26. The summed E-state index contributed by atoms with van der Waals surface area (Å²) < 4.78 is 22.7. The Bertz CT molecular complexity index is 1070. The van der Waals surface area contributed by atoms with Crippen molar-refractivity contribution < 1.29 is 23.7 Å². The summed E-state index contributed by atoms with van der Waals surface area (Å²) in [5, 5.41) is 3.90. The number of esters is 1. The Kier molecular flexibility index (Phi) is 6.47. The maximum Gasteiger partial charge on any atom is 0.317 e. The van der Waals surface area contributed by atoms with Crippen molar-refractivity contribution in [3.63, 3.8) is 0 Å². The third-order valence-electron chi connectivity index (χ3n) is 6.21. The van der Waals surface area contributed by atoms with Crippen molar-refractivity contribution in [2.24, 2.45) is 5.92 Å². The molecule has 7 nitrogen and oxygen atoms in total. The number of carbonyl (C=O) groups is 1. The average Bonchev–Trinajstić information content (AvgIpc) is 2.81. The molecule has 2 aliphatic heterocycles. The van der Waals surface area contributed by atoms with Gasteiger partial charge in [-0.25, -0.2) is 0 Å². The average molecular weight is 469 g/mol. The summed E-state index contributed by atoms with van der Waals surface area (Å²) in [5.74, 6) is 1.08. The van der Waals surface area contributed by atoms with Crippen LogP contribution < -0.4 is 19.5 Å². The molecule has 3 unspecified atom stereocenters. The number of para-hydroxylation sites is 1. The number of nitrogens with one attached hydrogen (secondary N) is 1. The number of ether oxygens (including phenoxy) is 4. The number of rotatable bonds is 8. The second kappa shape index (κ2) is 9.31. The fraction of sp³-hybridized carbons (Fsp3) is 0.360. The molecule has 0 aliphatic carbocycles. The summed E-state index contributed by atoms with van der Waals surface area (Å²) in [6.45, 7) is 6.21. The first kappa shape index (κ1) is 22.9. The lowest BCUT2D eigenvalue weighted by molar-refractivity contribution is -0.174. The molecule has 174 valence electrons. The highest BCUT2D eigenvalue weighted by Crippen LogP contribution is 2.48. The third kappa shape index (κ3) is 4.11. The molecule has 3 atom stereocenters. The number of thiocarbonyl (C=S) groups is 1. The van der Waals surface area contributed by atoms with E-state index in [9.17, 15) is 4.79 Å². The number of carbonyl (C=O) groups excluding carboxylic acids is 1. The zero-order valence-corrected chi connectivity index (χ0v) is 19.8. The highest BCUT2D eigenvalue weighted by molar-refractivity contribution is 7.80. The van der Waals surface area contributed by atoms with Crippen LogP contribution in [0.2, 0.25) is 0 Å². The number of nitrogens with zero attached hydrogens (tertiary/aromatic N) is 1. The number of hydrogen-bond donors (Lipinski definition) is 1. The summed E-state index contributed by atoms with van der Waals surface area (Å²) >= 11 is 5.73. The van der Waals surface area contributed by atoms with E-state index in [1.807, 2.05) is 54.3 Å². The van der Waals surface area contributed by atoms with Crippen molar-refractivity contribution in [3.05, 3.63) is 66.2 Å². The van der Waals surface area contributed by atoms with Gasteiger partial charge in [0.1, 0.15) is 18.3 Å². The molecule has 2 aromatic rings. The van der Waals surface area contributed by atoms with Crippen molar-refractivity contribution in [1.82, 2.24) is 10.2 Å². The predicted octanol–water partition coefficient (Wildman–Crippen LogP) is 3.63. The molecule has 1 N–H and O–H groups in total. The Morgan fingerprint density at radius 3 is 2.73 bits per heavy atom. The van der Waals surface area contributed by atoms with Gasteiger partial charge in [0, 0.05) is 12.1 Å². The lowest BCUT2D eigenvalue weighted by atomic mass is 9.79. The molecule has 0 radical (unpaired) electrons. The Morgan fingerprint density at radius 2 is 2.00 bits per heavy atom. The lowest BCUT2D eigenvalue weighted by Crippen LogP contribution is -2.71. The fourth-order valence-electron chi connectivity index (χ4n) is 4.59. The number of fused-ring (bicyclic) bond motifs is 4. The molecule has 0 amide bonds. The molecule has 8 heteroatoms. The van der Waals surface area contributed by atoms with E-state index < -0.39 is 11.6 Å². The molecule has 33 heavy (non-hydrogen) atoms. The van der Waals surface area contributed by atoms with Gasteiger partial charge in [0.25, 0.3) is 0 Å². The first-order valence-corrected chi connectivity index (χ1v) is 11.2. The van der Waals surface area contributed by atoms with Crippen LogP contribution in [0.5, 0.6) is 17.2 Å². The first-order chi connectivity index (χ1) is 15.9. The van der Waals surface area contributed by atoms with Gasteiger partial charge in [-0.1, -0.05) is 36.9 Å². The second-order valence-corrected chi connectivity index (χ2v) is 8.50. The molecular formula is C25H28N2O5S. The van der Waals surface area contributed by atoms with E-state index in [1.54, 1.807) is 20.3 Å². The molecule has 4 rings (SSSR count). The normalized spacial score (nSPS) is 23.0. The van der Waals surface area contributed by atoms with Gasteiger partial charge in [-0.05, 0) is 49.3 Å². The number of methoxy groups -OCH3 is 2. The largest absolute Gasteiger partial charge is 0.493 e. The van der Waals surface area contributed by atoms with Crippen LogP contribution in [0.1, 0.15) is 24.1 Å². The number of hydrogen-bond acceptors (Lipinski definition) is 6. The lowest BCUT2D eigenvalue weighted by Gasteiger charge is -2.55.